The Morgan fingerprint density at radius 3 is 1.39 bits per heavy atom. The maximum atomic E-state index is 13.1. The first-order valence-electron chi connectivity index (χ1n) is 29.5. The molecule has 76 heavy (non-hydrogen) atoms. The van der Waals surface area contributed by atoms with E-state index in [9.17, 15) is 45.6 Å². The summed E-state index contributed by atoms with van der Waals surface area (Å²) < 4.78 is 22.6. The molecule has 2 aliphatic heterocycles. The van der Waals surface area contributed by atoms with Crippen LogP contribution in [0.4, 0.5) is 0 Å². The normalized spacial score (nSPS) is 25.6. The molecule has 0 radical (unpaired) electrons. The molecule has 0 aromatic rings. The van der Waals surface area contributed by atoms with Crippen LogP contribution in [-0.4, -0.2) is 140 Å². The molecule has 2 rings (SSSR count). The summed E-state index contributed by atoms with van der Waals surface area (Å²) in [5, 5.41) is 86.3. The number of aliphatic hydroxyl groups excluding tert-OH is 8. The van der Waals surface area contributed by atoms with Gasteiger partial charge >= 0.3 is 0 Å². The zero-order valence-electron chi connectivity index (χ0n) is 46.7. The molecule has 12 unspecified atom stereocenters. The van der Waals surface area contributed by atoms with Gasteiger partial charge in [0, 0.05) is 6.42 Å². The molecule has 0 saturated carbocycles. The molecule has 0 bridgehead atoms. The number of ether oxygens (including phenoxy) is 4. The van der Waals surface area contributed by atoms with Crippen molar-refractivity contribution >= 4 is 5.91 Å². The van der Waals surface area contributed by atoms with Crippen LogP contribution < -0.4 is 5.32 Å². The van der Waals surface area contributed by atoms with Gasteiger partial charge in [-0.05, 0) is 77.0 Å². The number of allylic oxidation sites excluding steroid dienone is 15. The van der Waals surface area contributed by atoms with Crippen molar-refractivity contribution in [2.24, 2.45) is 0 Å². The van der Waals surface area contributed by atoms with Crippen molar-refractivity contribution in [2.75, 3.05) is 19.8 Å². The van der Waals surface area contributed by atoms with Crippen molar-refractivity contribution in [3.8, 4) is 0 Å². The molecule has 12 atom stereocenters. The van der Waals surface area contributed by atoms with Crippen LogP contribution in [0.15, 0.2) is 97.2 Å². The van der Waals surface area contributed by atoms with Crippen molar-refractivity contribution in [3.63, 3.8) is 0 Å². The van der Waals surface area contributed by atoms with E-state index in [0.29, 0.717) is 6.42 Å². The van der Waals surface area contributed by atoms with E-state index in [-0.39, 0.29) is 18.9 Å². The summed E-state index contributed by atoms with van der Waals surface area (Å²) in [6, 6.07) is -0.915. The first-order valence-corrected chi connectivity index (χ1v) is 29.5. The summed E-state index contributed by atoms with van der Waals surface area (Å²) in [6.07, 6.45) is 48.3. The van der Waals surface area contributed by atoms with Gasteiger partial charge in [-0.25, -0.2) is 0 Å². The van der Waals surface area contributed by atoms with Gasteiger partial charge in [-0.15, -0.1) is 0 Å². The molecule has 14 heteroatoms. The van der Waals surface area contributed by atoms with Crippen molar-refractivity contribution in [1.29, 1.82) is 0 Å². The van der Waals surface area contributed by atoms with Gasteiger partial charge in [0.2, 0.25) is 5.91 Å². The molecule has 2 heterocycles. The number of hydrogen-bond acceptors (Lipinski definition) is 13. The van der Waals surface area contributed by atoms with Gasteiger partial charge in [0.05, 0.1) is 32.0 Å². The number of nitrogens with one attached hydrogen (secondary N) is 1. The highest BCUT2D eigenvalue weighted by molar-refractivity contribution is 5.76. The molecule has 0 spiro atoms. The van der Waals surface area contributed by atoms with Gasteiger partial charge in [-0.1, -0.05) is 207 Å². The van der Waals surface area contributed by atoms with Crippen LogP contribution in [0, 0.1) is 0 Å². The molecule has 14 nitrogen and oxygen atoms in total. The fourth-order valence-electron chi connectivity index (χ4n) is 9.03. The molecular weight excluding hydrogens is 967 g/mol. The van der Waals surface area contributed by atoms with E-state index in [0.717, 1.165) is 89.9 Å². The predicted octanol–water partition coefficient (Wildman–Crippen LogP) is 9.88. The Balaban J connectivity index is 1.53. The molecule has 1 amide bonds. The van der Waals surface area contributed by atoms with Crippen LogP contribution in [0.3, 0.4) is 0 Å². The monoisotopic (exact) mass is 1070 g/mol. The smallest absolute Gasteiger partial charge is 0.220 e. The van der Waals surface area contributed by atoms with Crippen molar-refractivity contribution in [2.45, 2.75) is 267 Å². The highest BCUT2D eigenvalue weighted by Gasteiger charge is 2.51. The number of aliphatic hydroxyl groups is 8. The van der Waals surface area contributed by atoms with E-state index in [1.807, 2.05) is 6.08 Å². The largest absolute Gasteiger partial charge is 0.394 e. The lowest BCUT2D eigenvalue weighted by molar-refractivity contribution is -0.359. The molecule has 436 valence electrons. The molecule has 2 saturated heterocycles. The number of amides is 1. The van der Waals surface area contributed by atoms with Crippen molar-refractivity contribution in [3.05, 3.63) is 97.2 Å². The van der Waals surface area contributed by atoms with E-state index in [4.69, 9.17) is 18.9 Å². The lowest BCUT2D eigenvalue weighted by atomic mass is 9.97. The number of rotatable bonds is 45. The average Bonchev–Trinajstić information content (AvgIpc) is 3.42. The number of hydrogen-bond donors (Lipinski definition) is 9. The van der Waals surface area contributed by atoms with Crippen LogP contribution >= 0.6 is 0 Å². The Morgan fingerprint density at radius 1 is 0.487 bits per heavy atom. The predicted molar refractivity (Wildman–Crippen MR) is 304 cm³/mol. The standard InChI is InChI=1S/C62H105NO13/c1-3-5-7-9-10-11-12-13-14-15-16-17-18-19-20-21-22-23-24-25-26-27-28-29-30-31-32-33-34-35-36-37-38-39-40-42-44-46-54(67)63-50(51(66)45-43-41-8-6-4-2)49-73-61-59(72)57(70)60(53(48-65)75-61)76-62-58(71)56(69)55(68)52(47-64)74-62/h5,7,10-11,13-14,16-17,19-20,22-23,25-26,43,45,50-53,55-62,64-66,68-72H,3-4,6,8-9,12,15,18,21,24,27-42,44,46-49H2,1-2H3,(H,63,67)/b7-5-,11-10-,14-13-,17-16-,20-19-,23-22-,26-25-,45-43+. The maximum Gasteiger partial charge on any atom is 0.220 e. The minimum absolute atomic E-state index is 0.251. The van der Waals surface area contributed by atoms with E-state index in [1.165, 1.54) is 77.0 Å². The molecule has 2 aliphatic rings. The van der Waals surface area contributed by atoms with E-state index in [1.54, 1.807) is 6.08 Å². The summed E-state index contributed by atoms with van der Waals surface area (Å²) in [5.74, 6) is -0.251. The summed E-state index contributed by atoms with van der Waals surface area (Å²) in [5.41, 5.74) is 0. The summed E-state index contributed by atoms with van der Waals surface area (Å²) in [6.45, 7) is 2.54. The SMILES string of the molecule is CC/C=C\C/C=C\C/C=C\C/C=C\C/C=C\C/C=C\C/C=C\CCCCCCCCCCCCCCCCCC(=O)NC(COC1OC(CO)C(OC2OC(CO)C(O)C(O)C2O)C(O)C1O)C(O)/C=C/CCCCC. The Hall–Kier alpha value is -3.09. The fourth-order valence-corrected chi connectivity index (χ4v) is 9.03. The Kier molecular flexibility index (Phi) is 42.5. The third kappa shape index (κ3) is 32.1. The Morgan fingerprint density at radius 2 is 0.908 bits per heavy atom. The van der Waals surface area contributed by atoms with Gasteiger partial charge in [0.25, 0.3) is 0 Å². The highest BCUT2D eigenvalue weighted by Crippen LogP contribution is 2.30. The zero-order valence-corrected chi connectivity index (χ0v) is 46.7. The summed E-state index contributed by atoms with van der Waals surface area (Å²) in [7, 11) is 0. The summed E-state index contributed by atoms with van der Waals surface area (Å²) in [4.78, 5) is 13.1. The number of carbonyl (C=O) groups excluding carboxylic acids is 1. The molecular formula is C62H105NO13. The van der Waals surface area contributed by atoms with Gasteiger partial charge in [-0.2, -0.15) is 0 Å². The first-order chi connectivity index (χ1) is 37.1. The second-order valence-corrected chi connectivity index (χ2v) is 20.4. The van der Waals surface area contributed by atoms with Crippen molar-refractivity contribution < 1.29 is 64.6 Å². The lowest BCUT2D eigenvalue weighted by Gasteiger charge is -2.46. The van der Waals surface area contributed by atoms with Gasteiger partial charge in [0.1, 0.15) is 48.8 Å². The molecule has 0 aromatic carbocycles. The van der Waals surface area contributed by atoms with Crippen LogP contribution in [-0.2, 0) is 23.7 Å². The fraction of sp³-hybridized carbons (Fsp3) is 0.726. The topological polar surface area (TPSA) is 228 Å². The van der Waals surface area contributed by atoms with E-state index >= 15 is 0 Å². The van der Waals surface area contributed by atoms with Crippen LogP contribution in [0.1, 0.15) is 194 Å². The van der Waals surface area contributed by atoms with Crippen LogP contribution in [0.25, 0.3) is 0 Å². The lowest BCUT2D eigenvalue weighted by Crippen LogP contribution is -2.65. The third-order valence-electron chi connectivity index (χ3n) is 13.8. The van der Waals surface area contributed by atoms with Crippen LogP contribution in [0.2, 0.25) is 0 Å². The Bertz CT molecular complexity index is 1640. The third-order valence-corrected chi connectivity index (χ3v) is 13.8. The Labute approximate surface area is 458 Å². The molecule has 2 fully saturated rings. The minimum atomic E-state index is -1.79. The van der Waals surface area contributed by atoms with Gasteiger partial charge in [0.15, 0.2) is 12.6 Å². The van der Waals surface area contributed by atoms with E-state index < -0.39 is 86.8 Å². The zero-order chi connectivity index (χ0) is 55.3. The van der Waals surface area contributed by atoms with Gasteiger partial charge < -0.3 is 65.1 Å². The second-order valence-electron chi connectivity index (χ2n) is 20.4. The average molecular weight is 1070 g/mol. The van der Waals surface area contributed by atoms with E-state index in [2.05, 4.69) is 104 Å². The number of unbranched alkanes of at least 4 members (excludes halogenated alkanes) is 18. The number of carbonyl (C=O) groups is 1. The quantitative estimate of drug-likeness (QED) is 0.0205. The maximum absolute atomic E-state index is 13.1. The first kappa shape index (κ1) is 69.0. The second kappa shape index (κ2) is 46.8. The minimum Gasteiger partial charge on any atom is -0.394 e. The van der Waals surface area contributed by atoms with Crippen molar-refractivity contribution in [1.82, 2.24) is 5.32 Å². The molecule has 0 aliphatic carbocycles. The van der Waals surface area contributed by atoms with Gasteiger partial charge in [-0.3, -0.25) is 4.79 Å². The molecule has 9 N–H and O–H groups in total. The molecule has 0 aromatic heterocycles. The van der Waals surface area contributed by atoms with Crippen LogP contribution in [0.5, 0.6) is 0 Å². The highest BCUT2D eigenvalue weighted by atomic mass is 16.7. The summed E-state index contributed by atoms with van der Waals surface area (Å²) >= 11 is 0.